The molecule has 1 saturated heterocycles. The molecule has 0 spiro atoms. The van der Waals surface area contributed by atoms with Gasteiger partial charge in [-0.25, -0.2) is 9.59 Å². The molecular formula is C30H46N8O3. The maximum Gasteiger partial charge on any atom is 0.354 e. The largest absolute Gasteiger partial charge is 0.354 e. The number of amides is 3. The predicted octanol–water partition coefficient (Wildman–Crippen LogP) is 2.37. The molecule has 2 aliphatic rings. The summed E-state index contributed by atoms with van der Waals surface area (Å²) >= 11 is 0. The van der Waals surface area contributed by atoms with Crippen LogP contribution in [0.3, 0.4) is 0 Å². The predicted molar refractivity (Wildman–Crippen MR) is 161 cm³/mol. The van der Waals surface area contributed by atoms with Crippen LogP contribution in [0.4, 0.5) is 10.6 Å². The van der Waals surface area contributed by atoms with Gasteiger partial charge in [0.25, 0.3) is 0 Å². The molecule has 2 fully saturated rings. The van der Waals surface area contributed by atoms with Crippen LogP contribution in [0.1, 0.15) is 58.9 Å². The monoisotopic (exact) mass is 566 g/mol. The van der Waals surface area contributed by atoms with Gasteiger partial charge in [0.1, 0.15) is 5.82 Å². The number of nitrogens with one attached hydrogen (secondary N) is 1. The second-order valence-corrected chi connectivity index (χ2v) is 12.5. The SMILES string of the molecule is CC(C)CN(Cc1ccc(-n2ccc(NC(=O)N3CCN(C(=O)C(C)(C)N)CC3)nc2=O)cc1)C1CCC(N)CC1. The lowest BCUT2D eigenvalue weighted by atomic mass is 9.90. The number of carbonyl (C=O) groups excluding carboxylic acids is 2. The molecule has 1 aromatic carbocycles. The van der Waals surface area contributed by atoms with Gasteiger partial charge in [-0.3, -0.25) is 19.6 Å². The molecule has 4 rings (SSSR count). The van der Waals surface area contributed by atoms with Gasteiger partial charge in [-0.1, -0.05) is 26.0 Å². The van der Waals surface area contributed by atoms with Gasteiger partial charge >= 0.3 is 11.7 Å². The summed E-state index contributed by atoms with van der Waals surface area (Å²) in [5.74, 6) is 0.620. The van der Waals surface area contributed by atoms with Crippen molar-refractivity contribution in [3.63, 3.8) is 0 Å². The van der Waals surface area contributed by atoms with Crippen LogP contribution < -0.4 is 22.5 Å². The van der Waals surface area contributed by atoms with Gasteiger partial charge in [-0.05, 0) is 69.2 Å². The Morgan fingerprint density at radius 1 is 1.02 bits per heavy atom. The molecule has 2 aromatic rings. The van der Waals surface area contributed by atoms with Crippen LogP contribution in [-0.2, 0) is 11.3 Å². The summed E-state index contributed by atoms with van der Waals surface area (Å²) < 4.78 is 1.47. The topological polar surface area (TPSA) is 143 Å². The van der Waals surface area contributed by atoms with E-state index in [0.717, 1.165) is 38.8 Å². The molecule has 11 nitrogen and oxygen atoms in total. The molecule has 41 heavy (non-hydrogen) atoms. The minimum atomic E-state index is -0.948. The van der Waals surface area contributed by atoms with Gasteiger partial charge in [0, 0.05) is 57.5 Å². The Kier molecular flexibility index (Phi) is 9.83. The molecule has 2 heterocycles. The minimum Gasteiger partial charge on any atom is -0.338 e. The van der Waals surface area contributed by atoms with Crippen molar-refractivity contribution in [1.82, 2.24) is 24.3 Å². The number of carbonyl (C=O) groups is 2. The average molecular weight is 567 g/mol. The van der Waals surface area contributed by atoms with Crippen molar-refractivity contribution in [3.05, 3.63) is 52.6 Å². The highest BCUT2D eigenvalue weighted by Crippen LogP contribution is 2.25. The molecule has 5 N–H and O–H groups in total. The first kappa shape index (κ1) is 30.7. The lowest BCUT2D eigenvalue weighted by Gasteiger charge is -2.37. The lowest BCUT2D eigenvalue weighted by molar-refractivity contribution is -0.137. The number of nitrogens with zero attached hydrogens (tertiary/aromatic N) is 5. The van der Waals surface area contributed by atoms with Crippen molar-refractivity contribution < 1.29 is 9.59 Å². The molecule has 224 valence electrons. The van der Waals surface area contributed by atoms with E-state index in [1.54, 1.807) is 35.9 Å². The fourth-order valence-corrected chi connectivity index (χ4v) is 5.65. The number of piperazine rings is 1. The van der Waals surface area contributed by atoms with Crippen LogP contribution in [0, 0.1) is 5.92 Å². The van der Waals surface area contributed by atoms with E-state index in [1.807, 2.05) is 12.1 Å². The standard InChI is InChI=1S/C30H46N8O3/c1-21(2)19-37(24-11-7-23(31)8-12-24)20-22-5-9-25(10-6-22)38-14-13-26(34-29(38)41)33-28(40)36-17-15-35(16-18-36)27(39)30(3,4)32/h5-6,9-10,13-14,21,23-24H,7-8,11-12,15-20,31-32H2,1-4H3,(H,33,34,40,41). The number of urea groups is 1. The van der Waals surface area contributed by atoms with Crippen LogP contribution in [0.2, 0.25) is 0 Å². The van der Waals surface area contributed by atoms with Gasteiger partial charge in [0.2, 0.25) is 5.91 Å². The quantitative estimate of drug-likeness (QED) is 0.445. The average Bonchev–Trinajstić information content (AvgIpc) is 2.93. The minimum absolute atomic E-state index is 0.141. The van der Waals surface area contributed by atoms with E-state index in [-0.39, 0.29) is 17.8 Å². The number of aromatic nitrogens is 2. The molecule has 1 aromatic heterocycles. The number of benzene rings is 1. The Hall–Kier alpha value is -3.28. The number of hydrogen-bond donors (Lipinski definition) is 3. The highest BCUT2D eigenvalue weighted by molar-refractivity contribution is 5.89. The third kappa shape index (κ3) is 8.15. The van der Waals surface area contributed by atoms with Crippen molar-refractivity contribution in [2.24, 2.45) is 17.4 Å². The smallest absolute Gasteiger partial charge is 0.338 e. The Labute approximate surface area is 242 Å². The van der Waals surface area contributed by atoms with Crippen molar-refractivity contribution in [2.75, 3.05) is 38.0 Å². The van der Waals surface area contributed by atoms with Crippen LogP contribution in [0.15, 0.2) is 41.3 Å². The molecule has 0 unspecified atom stereocenters. The van der Waals surface area contributed by atoms with E-state index in [2.05, 4.69) is 41.2 Å². The normalized spacial score (nSPS) is 20.0. The first-order chi connectivity index (χ1) is 19.4. The number of anilines is 1. The first-order valence-corrected chi connectivity index (χ1v) is 14.7. The molecule has 1 saturated carbocycles. The summed E-state index contributed by atoms with van der Waals surface area (Å²) in [6.45, 7) is 11.3. The Balaban J connectivity index is 1.35. The van der Waals surface area contributed by atoms with Gasteiger partial charge in [0.15, 0.2) is 0 Å². The van der Waals surface area contributed by atoms with Crippen molar-refractivity contribution in [1.29, 1.82) is 0 Å². The summed E-state index contributed by atoms with van der Waals surface area (Å²) in [4.78, 5) is 47.9. The fourth-order valence-electron chi connectivity index (χ4n) is 5.65. The zero-order valence-corrected chi connectivity index (χ0v) is 24.9. The maximum absolute atomic E-state index is 12.8. The molecule has 1 aliphatic heterocycles. The van der Waals surface area contributed by atoms with Crippen LogP contribution in [0.5, 0.6) is 0 Å². The Morgan fingerprint density at radius 3 is 2.20 bits per heavy atom. The van der Waals surface area contributed by atoms with Gasteiger partial charge in [0.05, 0.1) is 11.2 Å². The van der Waals surface area contributed by atoms with E-state index in [4.69, 9.17) is 11.5 Å². The molecule has 1 aliphatic carbocycles. The Morgan fingerprint density at radius 2 is 1.63 bits per heavy atom. The zero-order valence-electron chi connectivity index (χ0n) is 24.9. The van der Waals surface area contributed by atoms with E-state index in [1.165, 1.54) is 10.1 Å². The van der Waals surface area contributed by atoms with E-state index < -0.39 is 11.2 Å². The van der Waals surface area contributed by atoms with Crippen LogP contribution in [-0.4, -0.2) is 86.5 Å². The van der Waals surface area contributed by atoms with Gasteiger partial charge in [-0.2, -0.15) is 4.98 Å². The van der Waals surface area contributed by atoms with E-state index in [0.29, 0.717) is 49.9 Å². The summed E-state index contributed by atoms with van der Waals surface area (Å²) in [5.41, 5.74) is 12.5. The molecule has 11 heteroatoms. The number of hydrogen-bond acceptors (Lipinski definition) is 7. The summed E-state index contributed by atoms with van der Waals surface area (Å²) in [6.07, 6.45) is 6.05. The van der Waals surface area contributed by atoms with Crippen LogP contribution >= 0.6 is 0 Å². The molecular weight excluding hydrogens is 520 g/mol. The Bertz CT molecular complexity index is 1240. The molecule has 0 radical (unpaired) electrons. The third-order valence-electron chi connectivity index (χ3n) is 7.90. The highest BCUT2D eigenvalue weighted by Gasteiger charge is 2.31. The van der Waals surface area contributed by atoms with E-state index in [9.17, 15) is 14.4 Å². The summed E-state index contributed by atoms with van der Waals surface area (Å²) in [5, 5.41) is 2.71. The molecule has 3 amide bonds. The first-order valence-electron chi connectivity index (χ1n) is 14.7. The van der Waals surface area contributed by atoms with Crippen molar-refractivity contribution in [2.45, 2.75) is 77.5 Å². The van der Waals surface area contributed by atoms with Gasteiger partial charge in [-0.15, -0.1) is 0 Å². The summed E-state index contributed by atoms with van der Waals surface area (Å²) in [6, 6.07) is 10.1. The number of nitrogens with two attached hydrogens (primary N) is 2. The number of rotatable bonds is 8. The van der Waals surface area contributed by atoms with E-state index >= 15 is 0 Å². The zero-order chi connectivity index (χ0) is 29.7. The van der Waals surface area contributed by atoms with Crippen LogP contribution in [0.25, 0.3) is 5.69 Å². The molecule has 0 atom stereocenters. The maximum atomic E-state index is 12.8. The van der Waals surface area contributed by atoms with Gasteiger partial charge < -0.3 is 21.3 Å². The third-order valence-corrected chi connectivity index (χ3v) is 7.90. The second-order valence-electron chi connectivity index (χ2n) is 12.5. The highest BCUT2D eigenvalue weighted by atomic mass is 16.2. The second kappa shape index (κ2) is 13.1. The lowest BCUT2D eigenvalue weighted by Crippen LogP contribution is -2.58. The molecule has 0 bridgehead atoms. The fraction of sp³-hybridized carbons (Fsp3) is 0.600. The summed E-state index contributed by atoms with van der Waals surface area (Å²) in [7, 11) is 0. The van der Waals surface area contributed by atoms with Crippen molar-refractivity contribution in [3.8, 4) is 5.69 Å². The van der Waals surface area contributed by atoms with Crippen molar-refractivity contribution >= 4 is 17.8 Å².